The van der Waals surface area contributed by atoms with E-state index in [0.717, 1.165) is 19.5 Å². The maximum absolute atomic E-state index is 10.9. The van der Waals surface area contributed by atoms with Gasteiger partial charge in [0.1, 0.15) is 5.69 Å². The molecule has 1 aliphatic heterocycles. The van der Waals surface area contributed by atoms with Crippen LogP contribution in [0.25, 0.3) is 0 Å². The first-order valence-electron chi connectivity index (χ1n) is 5.94. The van der Waals surface area contributed by atoms with E-state index in [-0.39, 0.29) is 23.0 Å². The first kappa shape index (κ1) is 13.3. The molecule has 7 heteroatoms. The number of benzene rings is 1. The van der Waals surface area contributed by atoms with Crippen molar-refractivity contribution in [3.05, 3.63) is 33.9 Å². The number of rotatable bonds is 4. The van der Waals surface area contributed by atoms with Crippen molar-refractivity contribution in [1.29, 1.82) is 0 Å². The van der Waals surface area contributed by atoms with Crippen LogP contribution in [0.2, 0.25) is 0 Å². The number of carboxylic acid groups (broad SMARTS) is 1. The highest BCUT2D eigenvalue weighted by molar-refractivity contribution is 5.90. The van der Waals surface area contributed by atoms with E-state index in [4.69, 9.17) is 5.11 Å². The molecule has 0 radical (unpaired) electrons. The molecule has 102 valence electrons. The molecule has 1 aromatic carbocycles. The molecule has 7 nitrogen and oxygen atoms in total. The molecule has 0 amide bonds. The van der Waals surface area contributed by atoms with Crippen molar-refractivity contribution in [1.82, 2.24) is 4.90 Å². The number of nitrogens with one attached hydrogen (secondary N) is 1. The third-order valence-electron chi connectivity index (χ3n) is 3.19. The summed E-state index contributed by atoms with van der Waals surface area (Å²) in [7, 11) is 1.98. The summed E-state index contributed by atoms with van der Waals surface area (Å²) in [6.07, 6.45) is 0.880. The van der Waals surface area contributed by atoms with Crippen molar-refractivity contribution in [2.45, 2.75) is 12.5 Å². The number of nitro groups is 1. The molecule has 0 aromatic heterocycles. The average molecular weight is 265 g/mol. The third kappa shape index (κ3) is 3.00. The summed E-state index contributed by atoms with van der Waals surface area (Å²) in [5.41, 5.74) is 0.212. The van der Waals surface area contributed by atoms with Crippen molar-refractivity contribution in [2.75, 3.05) is 25.5 Å². The van der Waals surface area contributed by atoms with Gasteiger partial charge >= 0.3 is 5.97 Å². The fraction of sp³-hybridized carbons (Fsp3) is 0.417. The normalized spacial score (nSPS) is 19.3. The molecule has 1 aliphatic rings. The smallest absolute Gasteiger partial charge is 0.335 e. The monoisotopic (exact) mass is 265 g/mol. The second kappa shape index (κ2) is 5.23. The van der Waals surface area contributed by atoms with Gasteiger partial charge in [0, 0.05) is 18.7 Å². The fourth-order valence-electron chi connectivity index (χ4n) is 2.22. The molecule has 0 saturated carbocycles. The van der Waals surface area contributed by atoms with Crippen molar-refractivity contribution < 1.29 is 14.8 Å². The molecule has 2 rings (SSSR count). The molecule has 1 aromatic rings. The van der Waals surface area contributed by atoms with Crippen molar-refractivity contribution in [2.24, 2.45) is 0 Å². The minimum Gasteiger partial charge on any atom is -0.478 e. The number of nitrogens with zero attached hydrogens (tertiary/aromatic N) is 2. The van der Waals surface area contributed by atoms with E-state index in [2.05, 4.69) is 10.2 Å². The van der Waals surface area contributed by atoms with E-state index in [0.29, 0.717) is 0 Å². The van der Waals surface area contributed by atoms with Crippen molar-refractivity contribution in [3.8, 4) is 0 Å². The van der Waals surface area contributed by atoms with Crippen LogP contribution in [0.15, 0.2) is 18.2 Å². The zero-order chi connectivity index (χ0) is 14.0. The van der Waals surface area contributed by atoms with Crippen LogP contribution in [0.5, 0.6) is 0 Å². The van der Waals surface area contributed by atoms with Crippen molar-refractivity contribution in [3.63, 3.8) is 0 Å². The molecular weight excluding hydrogens is 250 g/mol. The first-order chi connectivity index (χ1) is 8.97. The van der Waals surface area contributed by atoms with E-state index in [1.54, 1.807) is 0 Å². The molecule has 0 aliphatic carbocycles. The van der Waals surface area contributed by atoms with Gasteiger partial charge in [0.2, 0.25) is 0 Å². The Hall–Kier alpha value is -2.15. The molecular formula is C12H15N3O4. The Bertz CT molecular complexity index is 518. The first-order valence-corrected chi connectivity index (χ1v) is 5.94. The SMILES string of the molecule is CN1CCC(Nc2cc(C(=O)O)ccc2[N+](=O)[O-])C1. The van der Waals surface area contributed by atoms with Crippen LogP contribution in [0, 0.1) is 10.1 Å². The predicted octanol–water partition coefficient (Wildman–Crippen LogP) is 1.41. The average Bonchev–Trinajstić information content (AvgIpc) is 2.74. The standard InChI is InChI=1S/C12H15N3O4/c1-14-5-4-9(7-14)13-10-6-8(12(16)17)2-3-11(10)15(18)19/h2-3,6,9,13H,4-5,7H2,1H3,(H,16,17). The fourth-order valence-corrected chi connectivity index (χ4v) is 2.22. The van der Waals surface area contributed by atoms with Crippen LogP contribution in [-0.4, -0.2) is 47.1 Å². The van der Waals surface area contributed by atoms with Gasteiger partial charge in [0.25, 0.3) is 5.69 Å². The molecule has 0 spiro atoms. The lowest BCUT2D eigenvalue weighted by Gasteiger charge is -2.14. The zero-order valence-corrected chi connectivity index (χ0v) is 10.5. The lowest BCUT2D eigenvalue weighted by atomic mass is 10.1. The van der Waals surface area contributed by atoms with Crippen LogP contribution in [0.3, 0.4) is 0 Å². The summed E-state index contributed by atoms with van der Waals surface area (Å²) < 4.78 is 0. The quantitative estimate of drug-likeness (QED) is 0.631. The Labute approximate surface area is 110 Å². The minimum atomic E-state index is -1.10. The van der Waals surface area contributed by atoms with Crippen molar-refractivity contribution >= 4 is 17.3 Å². The maximum atomic E-state index is 10.9. The number of carboxylic acids is 1. The zero-order valence-electron chi connectivity index (χ0n) is 10.5. The molecule has 19 heavy (non-hydrogen) atoms. The largest absolute Gasteiger partial charge is 0.478 e. The Morgan fingerprint density at radius 3 is 2.84 bits per heavy atom. The summed E-state index contributed by atoms with van der Waals surface area (Å²) in [6.45, 7) is 1.71. The van der Waals surface area contributed by atoms with Crippen LogP contribution in [0.1, 0.15) is 16.8 Å². The Morgan fingerprint density at radius 1 is 1.58 bits per heavy atom. The summed E-state index contributed by atoms with van der Waals surface area (Å²) in [5.74, 6) is -1.10. The predicted molar refractivity (Wildman–Crippen MR) is 69.6 cm³/mol. The number of hydrogen-bond donors (Lipinski definition) is 2. The van der Waals surface area contributed by atoms with E-state index < -0.39 is 10.9 Å². The Balaban J connectivity index is 2.27. The van der Waals surface area contributed by atoms with E-state index in [9.17, 15) is 14.9 Å². The van der Waals surface area contributed by atoms with Gasteiger partial charge in [-0.25, -0.2) is 4.79 Å². The topological polar surface area (TPSA) is 95.7 Å². The van der Waals surface area contributed by atoms with Gasteiger partial charge in [-0.1, -0.05) is 0 Å². The second-order valence-corrected chi connectivity index (χ2v) is 4.69. The second-order valence-electron chi connectivity index (χ2n) is 4.69. The number of likely N-dealkylation sites (N-methyl/N-ethyl adjacent to an activating group) is 1. The van der Waals surface area contributed by atoms with E-state index in [1.165, 1.54) is 18.2 Å². The van der Waals surface area contributed by atoms with Gasteiger partial charge < -0.3 is 15.3 Å². The molecule has 1 atom stereocenters. The molecule has 1 fully saturated rings. The highest BCUT2D eigenvalue weighted by atomic mass is 16.6. The number of likely N-dealkylation sites (tertiary alicyclic amines) is 1. The summed E-state index contributed by atoms with van der Waals surface area (Å²) in [4.78, 5) is 23.5. The van der Waals surface area contributed by atoms with Crippen LogP contribution < -0.4 is 5.32 Å². The van der Waals surface area contributed by atoms with Crippen LogP contribution in [-0.2, 0) is 0 Å². The molecule has 1 saturated heterocycles. The highest BCUT2D eigenvalue weighted by Crippen LogP contribution is 2.27. The van der Waals surface area contributed by atoms with Gasteiger partial charge in [-0.05, 0) is 32.1 Å². The van der Waals surface area contributed by atoms with Gasteiger partial charge in [-0.15, -0.1) is 0 Å². The number of hydrogen-bond acceptors (Lipinski definition) is 5. The summed E-state index contributed by atoms with van der Waals surface area (Å²) in [5, 5.41) is 23.0. The third-order valence-corrected chi connectivity index (χ3v) is 3.19. The summed E-state index contributed by atoms with van der Waals surface area (Å²) in [6, 6.07) is 3.89. The van der Waals surface area contributed by atoms with Gasteiger partial charge in [0.15, 0.2) is 0 Å². The molecule has 1 heterocycles. The molecule has 2 N–H and O–H groups in total. The lowest BCUT2D eigenvalue weighted by Crippen LogP contribution is -2.24. The van der Waals surface area contributed by atoms with Crippen LogP contribution in [0.4, 0.5) is 11.4 Å². The van der Waals surface area contributed by atoms with Gasteiger partial charge in [0.05, 0.1) is 10.5 Å². The number of anilines is 1. The van der Waals surface area contributed by atoms with E-state index in [1.807, 2.05) is 7.05 Å². The minimum absolute atomic E-state index is 0.0412. The van der Waals surface area contributed by atoms with Gasteiger partial charge in [-0.3, -0.25) is 10.1 Å². The van der Waals surface area contributed by atoms with Gasteiger partial charge in [-0.2, -0.15) is 0 Å². The van der Waals surface area contributed by atoms with E-state index >= 15 is 0 Å². The number of aromatic carboxylic acids is 1. The summed E-state index contributed by atoms with van der Waals surface area (Å²) >= 11 is 0. The Kier molecular flexibility index (Phi) is 3.66. The lowest BCUT2D eigenvalue weighted by molar-refractivity contribution is -0.384. The maximum Gasteiger partial charge on any atom is 0.335 e. The molecule has 0 bridgehead atoms. The highest BCUT2D eigenvalue weighted by Gasteiger charge is 2.23. The molecule has 1 unspecified atom stereocenters. The van der Waals surface area contributed by atoms with Crippen LogP contribution >= 0.6 is 0 Å². The number of nitro benzene ring substituents is 1. The Morgan fingerprint density at radius 2 is 2.32 bits per heavy atom. The number of carbonyl (C=O) groups is 1.